The zero-order valence-electron chi connectivity index (χ0n) is 18.2. The quantitative estimate of drug-likeness (QED) is 0.583. The first-order chi connectivity index (χ1) is 15.8. The van der Waals surface area contributed by atoms with Crippen molar-refractivity contribution in [1.29, 1.82) is 0 Å². The summed E-state index contributed by atoms with van der Waals surface area (Å²) in [5, 5.41) is 2.81. The van der Waals surface area contributed by atoms with Gasteiger partial charge in [0.2, 0.25) is 0 Å². The number of ether oxygens (including phenoxy) is 2. The topological polar surface area (TPSA) is 84.9 Å². The molecule has 1 aliphatic rings. The highest BCUT2D eigenvalue weighted by atomic mass is 32.2. The predicted molar refractivity (Wildman–Crippen MR) is 123 cm³/mol. The summed E-state index contributed by atoms with van der Waals surface area (Å²) in [7, 11) is -0.887. The number of halogens is 1. The second-order valence-electron chi connectivity index (χ2n) is 7.50. The van der Waals surface area contributed by atoms with Gasteiger partial charge in [-0.25, -0.2) is 12.8 Å². The summed E-state index contributed by atoms with van der Waals surface area (Å²) >= 11 is 0. The number of methoxy groups -OCH3 is 2. The van der Waals surface area contributed by atoms with Gasteiger partial charge in [-0.2, -0.15) is 0 Å². The summed E-state index contributed by atoms with van der Waals surface area (Å²) in [6.07, 6.45) is 1.37. The van der Waals surface area contributed by atoms with Gasteiger partial charge in [0.15, 0.2) is 11.5 Å². The monoisotopic (exact) mass is 470 g/mol. The Hall–Kier alpha value is -3.59. The number of benzene rings is 3. The van der Waals surface area contributed by atoms with Gasteiger partial charge in [0.25, 0.3) is 15.9 Å². The van der Waals surface area contributed by atoms with E-state index in [1.165, 1.54) is 30.7 Å². The number of fused-ring (bicyclic) bond motifs is 1. The minimum absolute atomic E-state index is 0.0107. The van der Waals surface area contributed by atoms with Crippen LogP contribution in [0.4, 0.5) is 15.8 Å². The average molecular weight is 471 g/mol. The Bertz CT molecular complexity index is 1290. The lowest BCUT2D eigenvalue weighted by atomic mass is 10.0. The van der Waals surface area contributed by atoms with Gasteiger partial charge in [-0.3, -0.25) is 9.10 Å². The number of hydrogen-bond acceptors (Lipinski definition) is 5. The Morgan fingerprint density at radius 2 is 1.70 bits per heavy atom. The molecule has 1 heterocycles. The third-order valence-electron chi connectivity index (χ3n) is 5.47. The number of nitrogens with one attached hydrogen (secondary N) is 1. The first-order valence-corrected chi connectivity index (χ1v) is 11.7. The van der Waals surface area contributed by atoms with Crippen molar-refractivity contribution in [2.75, 3.05) is 30.4 Å². The van der Waals surface area contributed by atoms with Crippen molar-refractivity contribution in [2.45, 2.75) is 17.7 Å². The lowest BCUT2D eigenvalue weighted by molar-refractivity contribution is 0.102. The third kappa shape index (κ3) is 4.49. The molecule has 9 heteroatoms. The fourth-order valence-electron chi connectivity index (χ4n) is 3.78. The van der Waals surface area contributed by atoms with Crippen molar-refractivity contribution in [1.82, 2.24) is 0 Å². The molecule has 0 unspecified atom stereocenters. The third-order valence-corrected chi connectivity index (χ3v) is 7.29. The van der Waals surface area contributed by atoms with Crippen LogP contribution in [0.1, 0.15) is 22.3 Å². The summed E-state index contributed by atoms with van der Waals surface area (Å²) < 4.78 is 51.5. The summed E-state index contributed by atoms with van der Waals surface area (Å²) in [4.78, 5) is 12.8. The molecule has 0 fully saturated rings. The molecule has 3 aromatic rings. The van der Waals surface area contributed by atoms with Crippen molar-refractivity contribution in [3.63, 3.8) is 0 Å². The van der Waals surface area contributed by atoms with E-state index in [9.17, 15) is 17.6 Å². The molecule has 0 saturated heterocycles. The van der Waals surface area contributed by atoms with Crippen LogP contribution in [0.3, 0.4) is 0 Å². The number of sulfonamides is 1. The van der Waals surface area contributed by atoms with E-state index >= 15 is 0 Å². The standard InChI is InChI=1S/C24H23FN2O5S/c1-31-22-12-6-17(14-23(22)32-2)24(28)26-19-9-5-16-4-3-13-27(21(16)15-19)33(29,30)20-10-7-18(25)8-11-20/h5-12,14-15H,3-4,13H2,1-2H3,(H,26,28). The number of rotatable bonds is 6. The zero-order valence-corrected chi connectivity index (χ0v) is 19.0. The molecule has 0 saturated carbocycles. The summed E-state index contributed by atoms with van der Waals surface area (Å²) in [5.41, 5.74) is 2.17. The second kappa shape index (κ2) is 9.11. The molecule has 33 heavy (non-hydrogen) atoms. The number of aryl methyl sites for hydroxylation is 1. The van der Waals surface area contributed by atoms with Crippen LogP contribution in [0.5, 0.6) is 11.5 Å². The van der Waals surface area contributed by atoms with Crippen LogP contribution in [0, 0.1) is 5.82 Å². The molecule has 7 nitrogen and oxygen atoms in total. The van der Waals surface area contributed by atoms with Crippen LogP contribution >= 0.6 is 0 Å². The van der Waals surface area contributed by atoms with Crippen LogP contribution < -0.4 is 19.1 Å². The fourth-order valence-corrected chi connectivity index (χ4v) is 5.32. The van der Waals surface area contributed by atoms with E-state index in [4.69, 9.17) is 9.47 Å². The van der Waals surface area contributed by atoms with E-state index < -0.39 is 15.8 Å². The zero-order chi connectivity index (χ0) is 23.6. The normalized spacial score (nSPS) is 13.2. The number of anilines is 2. The van der Waals surface area contributed by atoms with E-state index in [-0.39, 0.29) is 10.8 Å². The Morgan fingerprint density at radius 3 is 2.39 bits per heavy atom. The fraction of sp³-hybridized carbons (Fsp3) is 0.208. The van der Waals surface area contributed by atoms with Gasteiger partial charge < -0.3 is 14.8 Å². The van der Waals surface area contributed by atoms with E-state index in [0.717, 1.165) is 17.7 Å². The Kier molecular flexibility index (Phi) is 6.24. The maximum absolute atomic E-state index is 13.3. The maximum atomic E-state index is 13.3. The lowest BCUT2D eigenvalue weighted by Crippen LogP contribution is -2.35. The van der Waals surface area contributed by atoms with E-state index in [1.54, 1.807) is 30.3 Å². The molecule has 1 N–H and O–H groups in total. The van der Waals surface area contributed by atoms with Crippen LogP contribution in [0.15, 0.2) is 65.6 Å². The SMILES string of the molecule is COc1ccc(C(=O)Nc2ccc3c(c2)N(S(=O)(=O)c2ccc(F)cc2)CCC3)cc1OC. The van der Waals surface area contributed by atoms with Gasteiger partial charge in [0, 0.05) is 17.8 Å². The smallest absolute Gasteiger partial charge is 0.264 e. The molecule has 3 aromatic carbocycles. The molecule has 0 atom stereocenters. The van der Waals surface area contributed by atoms with Crippen molar-refractivity contribution in [2.24, 2.45) is 0 Å². The van der Waals surface area contributed by atoms with Crippen LogP contribution in [-0.2, 0) is 16.4 Å². The van der Waals surface area contributed by atoms with Crippen LogP contribution in [0.25, 0.3) is 0 Å². The summed E-state index contributed by atoms with van der Waals surface area (Å²) in [6.45, 7) is 0.291. The van der Waals surface area contributed by atoms with Gasteiger partial charge >= 0.3 is 0 Å². The largest absolute Gasteiger partial charge is 0.493 e. The molecule has 0 bridgehead atoms. The number of hydrogen-bond donors (Lipinski definition) is 1. The van der Waals surface area contributed by atoms with Gasteiger partial charge in [0.1, 0.15) is 5.82 Å². The second-order valence-corrected chi connectivity index (χ2v) is 9.36. The number of amides is 1. The minimum atomic E-state index is -3.88. The van der Waals surface area contributed by atoms with Gasteiger partial charge in [-0.1, -0.05) is 6.07 Å². The predicted octanol–water partition coefficient (Wildman–Crippen LogP) is 4.24. The van der Waals surface area contributed by atoms with E-state index in [2.05, 4.69) is 5.32 Å². The number of carbonyl (C=O) groups is 1. The van der Waals surface area contributed by atoms with Gasteiger partial charge in [-0.05, 0) is 73.0 Å². The highest BCUT2D eigenvalue weighted by Crippen LogP contribution is 2.34. The van der Waals surface area contributed by atoms with E-state index in [1.807, 2.05) is 6.07 Å². The maximum Gasteiger partial charge on any atom is 0.264 e. The minimum Gasteiger partial charge on any atom is -0.493 e. The summed E-state index contributed by atoms with van der Waals surface area (Å²) in [6, 6.07) is 14.8. The first-order valence-electron chi connectivity index (χ1n) is 10.3. The molecule has 0 aliphatic carbocycles. The van der Waals surface area contributed by atoms with Crippen LogP contribution in [0.2, 0.25) is 0 Å². The first kappa shape index (κ1) is 22.6. The molecule has 0 spiro atoms. The molecule has 0 radical (unpaired) electrons. The molecular weight excluding hydrogens is 447 g/mol. The number of carbonyl (C=O) groups excluding carboxylic acids is 1. The van der Waals surface area contributed by atoms with Crippen molar-refractivity contribution in [3.05, 3.63) is 77.6 Å². The van der Waals surface area contributed by atoms with Gasteiger partial charge in [-0.15, -0.1) is 0 Å². The van der Waals surface area contributed by atoms with Crippen molar-refractivity contribution < 1.29 is 27.1 Å². The highest BCUT2D eigenvalue weighted by molar-refractivity contribution is 7.92. The molecular formula is C24H23FN2O5S. The molecule has 4 rings (SSSR count). The highest BCUT2D eigenvalue weighted by Gasteiger charge is 2.29. The Morgan fingerprint density at radius 1 is 0.970 bits per heavy atom. The van der Waals surface area contributed by atoms with Crippen molar-refractivity contribution >= 4 is 27.3 Å². The molecule has 1 aliphatic heterocycles. The molecule has 1 amide bonds. The molecule has 172 valence electrons. The van der Waals surface area contributed by atoms with Crippen LogP contribution in [-0.4, -0.2) is 35.1 Å². The average Bonchev–Trinajstić information content (AvgIpc) is 2.83. The Balaban J connectivity index is 1.63. The number of nitrogens with zero attached hydrogens (tertiary/aromatic N) is 1. The lowest BCUT2D eigenvalue weighted by Gasteiger charge is -2.31. The Labute approximate surface area is 191 Å². The molecule has 0 aromatic heterocycles. The van der Waals surface area contributed by atoms with E-state index in [0.29, 0.717) is 47.8 Å². The summed E-state index contributed by atoms with van der Waals surface area (Å²) in [5.74, 6) is 0.0458. The van der Waals surface area contributed by atoms with Crippen molar-refractivity contribution in [3.8, 4) is 11.5 Å². The van der Waals surface area contributed by atoms with Gasteiger partial charge in [0.05, 0.1) is 24.8 Å².